The van der Waals surface area contributed by atoms with Gasteiger partial charge in [-0.25, -0.2) is 4.57 Å². The number of carbonyl (C=O) groups excluding carboxylic acids is 1. The second-order valence-electron chi connectivity index (χ2n) is 8.47. The Bertz CT molecular complexity index is 1170. The second kappa shape index (κ2) is 11.9. The molecule has 1 aromatic carbocycles. The summed E-state index contributed by atoms with van der Waals surface area (Å²) in [6, 6.07) is 9.09. The molecule has 1 aliphatic heterocycles. The molecule has 35 heavy (non-hydrogen) atoms. The largest absolute Gasteiger partial charge is 0.462 e. The molecule has 0 amide bonds. The minimum absolute atomic E-state index is 0.276. The minimum Gasteiger partial charge on any atom is -0.462 e. The van der Waals surface area contributed by atoms with E-state index < -0.39 is 38.2 Å². The highest BCUT2D eigenvalue weighted by Gasteiger charge is 2.44. The molecular weight excluding hydrogens is 513 g/mol. The zero-order valence-corrected chi connectivity index (χ0v) is 22.3. The van der Waals surface area contributed by atoms with Gasteiger partial charge in [0.15, 0.2) is 4.77 Å². The third-order valence-corrected chi connectivity index (χ3v) is 7.44. The number of nitrogens with zero attached hydrogens (tertiary/aromatic N) is 1. The zero-order chi connectivity index (χ0) is 25.8. The quantitative estimate of drug-likeness (QED) is 0.227. The van der Waals surface area contributed by atoms with Crippen molar-refractivity contribution in [2.24, 2.45) is 5.92 Å². The molecular formula is C22H30N3O7PS2. The third kappa shape index (κ3) is 7.29. The van der Waals surface area contributed by atoms with Crippen molar-refractivity contribution >= 4 is 38.2 Å². The van der Waals surface area contributed by atoms with E-state index in [-0.39, 0.29) is 24.4 Å². The maximum Gasteiger partial charge on any atom is 0.459 e. The summed E-state index contributed by atoms with van der Waals surface area (Å²) in [6.45, 7) is 6.45. The van der Waals surface area contributed by atoms with Crippen molar-refractivity contribution in [3.8, 4) is 5.75 Å². The highest BCUT2D eigenvalue weighted by molar-refractivity contribution is 7.72. The molecule has 1 fully saturated rings. The number of aromatic amines is 1. The van der Waals surface area contributed by atoms with Gasteiger partial charge in [0, 0.05) is 12.1 Å². The van der Waals surface area contributed by atoms with E-state index in [4.69, 9.17) is 43.0 Å². The zero-order valence-electron chi connectivity index (χ0n) is 19.8. The summed E-state index contributed by atoms with van der Waals surface area (Å²) >= 11 is 10.4. The Labute approximate surface area is 214 Å². The summed E-state index contributed by atoms with van der Waals surface area (Å²) in [7, 11) is -4.09. The number of nitrogens with one attached hydrogen (secondary N) is 2. The van der Waals surface area contributed by atoms with Gasteiger partial charge in [-0.15, -0.1) is 0 Å². The number of aliphatic hydroxyl groups excluding tert-OH is 1. The molecule has 10 nitrogen and oxygen atoms in total. The molecule has 3 rings (SSSR count). The van der Waals surface area contributed by atoms with Crippen molar-refractivity contribution in [3.63, 3.8) is 0 Å². The molecule has 6 atom stereocenters. The highest BCUT2D eigenvalue weighted by Crippen LogP contribution is 2.46. The van der Waals surface area contributed by atoms with E-state index in [0.29, 0.717) is 9.41 Å². The van der Waals surface area contributed by atoms with E-state index in [2.05, 4.69) is 10.1 Å². The number of aromatic nitrogens is 2. The first-order valence-electron chi connectivity index (χ1n) is 11.1. The van der Waals surface area contributed by atoms with Crippen LogP contribution in [0.25, 0.3) is 0 Å². The standard InChI is InChI=1S/C22H30N3O7PS2/c1-13(2)30-21(27)15(4)24-33(28,32-16-8-6-5-7-9-16)29-12-17-19(26)14(3)20(31-17)25-11-10-18(34)23-22(25)35/h5-11,13-15,17,19-20,26H,12H2,1-4H3,(H,24,28)(H,23,34,35)/t14?,15-,17+,19+,20+,33?/m0/s1. The van der Waals surface area contributed by atoms with Crippen LogP contribution in [-0.4, -0.2) is 51.6 Å². The number of para-hydroxylation sites is 1. The van der Waals surface area contributed by atoms with Gasteiger partial charge in [-0.2, -0.15) is 5.09 Å². The van der Waals surface area contributed by atoms with Crippen molar-refractivity contribution in [2.45, 2.75) is 58.3 Å². The number of H-pyrrole nitrogens is 1. The predicted octanol–water partition coefficient (Wildman–Crippen LogP) is 4.30. The van der Waals surface area contributed by atoms with Crippen LogP contribution in [0.4, 0.5) is 0 Å². The predicted molar refractivity (Wildman–Crippen MR) is 134 cm³/mol. The molecule has 192 valence electrons. The first-order valence-corrected chi connectivity index (χ1v) is 13.5. The minimum atomic E-state index is -4.09. The number of aliphatic hydroxyl groups is 1. The van der Waals surface area contributed by atoms with Crippen LogP contribution >= 0.6 is 32.2 Å². The lowest BCUT2D eigenvalue weighted by atomic mass is 10.0. The Kier molecular flexibility index (Phi) is 9.39. The van der Waals surface area contributed by atoms with Gasteiger partial charge in [-0.3, -0.25) is 13.9 Å². The Morgan fingerprint density at radius 1 is 1.26 bits per heavy atom. The average molecular weight is 544 g/mol. The van der Waals surface area contributed by atoms with E-state index in [1.165, 1.54) is 6.92 Å². The Balaban J connectivity index is 1.75. The first-order chi connectivity index (χ1) is 16.5. The van der Waals surface area contributed by atoms with Crippen LogP contribution in [-0.2, 0) is 23.4 Å². The van der Waals surface area contributed by atoms with E-state index in [1.54, 1.807) is 67.9 Å². The number of benzene rings is 1. The molecule has 2 heterocycles. The van der Waals surface area contributed by atoms with Crippen LogP contribution in [0.2, 0.25) is 0 Å². The van der Waals surface area contributed by atoms with E-state index in [1.807, 2.05) is 0 Å². The fraction of sp³-hybridized carbons (Fsp3) is 0.500. The van der Waals surface area contributed by atoms with Gasteiger partial charge in [-0.1, -0.05) is 37.3 Å². The van der Waals surface area contributed by atoms with Crippen LogP contribution in [0.1, 0.15) is 33.9 Å². The van der Waals surface area contributed by atoms with Gasteiger partial charge in [0.2, 0.25) is 0 Å². The number of hydrogen-bond donors (Lipinski definition) is 3. The SMILES string of the molecule is CC(C)OC(=O)[C@H](C)NP(=O)(OC[C@H]1O[C@@H](n2ccc(=S)[nH]c2=S)C(C)[C@H]1O)Oc1ccccc1. The molecule has 13 heteroatoms. The van der Waals surface area contributed by atoms with E-state index in [9.17, 15) is 14.5 Å². The summed E-state index contributed by atoms with van der Waals surface area (Å²) in [5.74, 6) is -0.693. The smallest absolute Gasteiger partial charge is 0.459 e. The molecule has 0 aliphatic carbocycles. The molecule has 1 saturated heterocycles. The molecule has 0 bridgehead atoms. The van der Waals surface area contributed by atoms with Gasteiger partial charge >= 0.3 is 13.7 Å². The third-order valence-electron chi connectivity index (χ3n) is 5.24. The van der Waals surface area contributed by atoms with Crippen molar-refractivity contribution < 1.29 is 33.0 Å². The molecule has 1 aliphatic rings. The molecule has 0 saturated carbocycles. The topological polar surface area (TPSA) is 124 Å². The maximum atomic E-state index is 13.6. The van der Waals surface area contributed by atoms with Crippen LogP contribution in [0, 0.1) is 15.3 Å². The van der Waals surface area contributed by atoms with Gasteiger partial charge in [0.25, 0.3) is 0 Å². The average Bonchev–Trinajstić information content (AvgIpc) is 3.06. The molecule has 3 N–H and O–H groups in total. The normalized spacial score (nSPS) is 24.6. The first kappa shape index (κ1) is 27.7. The summed E-state index contributed by atoms with van der Waals surface area (Å²) in [5, 5.41) is 13.4. The summed E-state index contributed by atoms with van der Waals surface area (Å²) in [4.78, 5) is 15.2. The van der Waals surface area contributed by atoms with E-state index >= 15 is 0 Å². The fourth-order valence-electron chi connectivity index (χ4n) is 3.48. The molecule has 2 unspecified atom stereocenters. The number of esters is 1. The van der Waals surface area contributed by atoms with Gasteiger partial charge < -0.3 is 24.1 Å². The van der Waals surface area contributed by atoms with Crippen LogP contribution in [0.5, 0.6) is 5.75 Å². The monoisotopic (exact) mass is 543 g/mol. The van der Waals surface area contributed by atoms with Crippen molar-refractivity contribution in [3.05, 3.63) is 52.0 Å². The number of hydrogen-bond acceptors (Lipinski definition) is 9. The van der Waals surface area contributed by atoms with Gasteiger partial charge in [-0.05, 0) is 51.2 Å². The van der Waals surface area contributed by atoms with Crippen LogP contribution < -0.4 is 9.61 Å². The van der Waals surface area contributed by atoms with Crippen molar-refractivity contribution in [2.75, 3.05) is 6.61 Å². The summed E-state index contributed by atoms with van der Waals surface area (Å²) in [6.07, 6.45) is -1.04. The maximum absolute atomic E-state index is 13.6. The highest BCUT2D eigenvalue weighted by atomic mass is 32.1. The van der Waals surface area contributed by atoms with Gasteiger partial charge in [0.05, 0.1) is 18.8 Å². The van der Waals surface area contributed by atoms with Crippen molar-refractivity contribution in [1.82, 2.24) is 14.6 Å². The molecule has 0 radical (unpaired) electrons. The summed E-state index contributed by atoms with van der Waals surface area (Å²) in [5.41, 5.74) is 0. The molecule has 0 spiro atoms. The summed E-state index contributed by atoms with van der Waals surface area (Å²) < 4.78 is 38.6. The van der Waals surface area contributed by atoms with Gasteiger partial charge in [0.1, 0.15) is 28.8 Å². The Hall–Kier alpha value is -1.92. The lowest BCUT2D eigenvalue weighted by molar-refractivity contribution is -0.149. The Morgan fingerprint density at radius 2 is 1.94 bits per heavy atom. The molecule has 2 aromatic rings. The number of carbonyl (C=O) groups is 1. The van der Waals surface area contributed by atoms with Crippen LogP contribution in [0.3, 0.4) is 0 Å². The second-order valence-corrected chi connectivity index (χ2v) is 11.0. The van der Waals surface area contributed by atoms with Crippen LogP contribution in [0.15, 0.2) is 42.6 Å². The number of rotatable bonds is 10. The Morgan fingerprint density at radius 3 is 2.57 bits per heavy atom. The lowest BCUT2D eigenvalue weighted by Gasteiger charge is -2.25. The van der Waals surface area contributed by atoms with Crippen molar-refractivity contribution in [1.29, 1.82) is 0 Å². The fourth-order valence-corrected chi connectivity index (χ4v) is 5.48. The lowest BCUT2D eigenvalue weighted by Crippen LogP contribution is -2.37. The number of ether oxygens (including phenoxy) is 2. The molecule has 1 aromatic heterocycles. The van der Waals surface area contributed by atoms with E-state index in [0.717, 1.165) is 0 Å².